The van der Waals surface area contributed by atoms with E-state index in [1.807, 2.05) is 0 Å². The summed E-state index contributed by atoms with van der Waals surface area (Å²) in [4.78, 5) is 7.92. The zero-order chi connectivity index (χ0) is 12.3. The lowest BCUT2D eigenvalue weighted by atomic mass is 10.2. The Kier molecular flexibility index (Phi) is 3.39. The van der Waals surface area contributed by atoms with Crippen LogP contribution in [0.2, 0.25) is 5.02 Å². The summed E-state index contributed by atoms with van der Waals surface area (Å²) in [6.45, 7) is 0.447. The van der Waals surface area contributed by atoms with Crippen LogP contribution in [-0.2, 0) is 6.54 Å². The molecular weight excluding hydrogens is 243 g/mol. The minimum absolute atomic E-state index is 0.0939. The Morgan fingerprint density at radius 2 is 2.06 bits per heavy atom. The van der Waals surface area contributed by atoms with E-state index >= 15 is 0 Å². The molecule has 88 valence electrons. The molecule has 2 aromatic rings. The Bertz CT molecular complexity index is 533. The van der Waals surface area contributed by atoms with Gasteiger partial charge >= 0.3 is 0 Å². The van der Waals surface area contributed by atoms with Gasteiger partial charge in [-0.2, -0.15) is 0 Å². The predicted octanol–water partition coefficient (Wildman–Crippen LogP) is 2.46. The van der Waals surface area contributed by atoms with Crippen molar-refractivity contribution >= 4 is 23.2 Å². The number of nitrogens with one attached hydrogen (secondary N) is 1. The number of anilines is 2. The number of halogens is 2. The van der Waals surface area contributed by atoms with Crippen LogP contribution in [0, 0.1) is 5.82 Å². The summed E-state index contributed by atoms with van der Waals surface area (Å²) in [5, 5.41) is 3.09. The zero-order valence-electron chi connectivity index (χ0n) is 8.82. The number of aromatic nitrogens is 2. The fraction of sp³-hybridized carbons (Fsp3) is 0.0909. The first-order chi connectivity index (χ1) is 8.16. The lowest BCUT2D eigenvalue weighted by Crippen LogP contribution is -2.05. The maximum Gasteiger partial charge on any atom is 0.169 e. The highest BCUT2D eigenvalue weighted by Crippen LogP contribution is 2.17. The summed E-state index contributed by atoms with van der Waals surface area (Å²) >= 11 is 5.67. The van der Waals surface area contributed by atoms with Crippen LogP contribution < -0.4 is 11.1 Å². The Morgan fingerprint density at radius 1 is 1.29 bits per heavy atom. The fourth-order valence-corrected chi connectivity index (χ4v) is 1.52. The van der Waals surface area contributed by atoms with Crippen LogP contribution >= 0.6 is 11.6 Å². The summed E-state index contributed by atoms with van der Waals surface area (Å²) < 4.78 is 12.9. The average molecular weight is 253 g/mol. The molecule has 0 aliphatic carbocycles. The third-order valence-electron chi connectivity index (χ3n) is 2.17. The van der Waals surface area contributed by atoms with Crippen molar-refractivity contribution in [2.24, 2.45) is 0 Å². The third-order valence-corrected chi connectivity index (χ3v) is 2.46. The van der Waals surface area contributed by atoms with E-state index in [1.165, 1.54) is 18.5 Å². The molecule has 17 heavy (non-hydrogen) atoms. The topological polar surface area (TPSA) is 63.8 Å². The first-order valence-corrected chi connectivity index (χ1v) is 5.29. The summed E-state index contributed by atoms with van der Waals surface area (Å²) in [5.74, 6) is 0.378. The molecule has 0 radical (unpaired) electrons. The van der Waals surface area contributed by atoms with Crippen LogP contribution in [0.25, 0.3) is 0 Å². The number of nitrogens with zero attached hydrogens (tertiary/aromatic N) is 2. The van der Waals surface area contributed by atoms with E-state index < -0.39 is 5.82 Å². The fourth-order valence-electron chi connectivity index (χ4n) is 1.32. The molecule has 1 aromatic heterocycles. The SMILES string of the molecule is Nc1nccnc1NCc1ccc(F)c(Cl)c1. The first kappa shape index (κ1) is 11.6. The van der Waals surface area contributed by atoms with Gasteiger partial charge in [0, 0.05) is 18.9 Å². The van der Waals surface area contributed by atoms with Gasteiger partial charge in [0.2, 0.25) is 0 Å². The summed E-state index contributed by atoms with van der Waals surface area (Å²) in [6.07, 6.45) is 3.05. The van der Waals surface area contributed by atoms with Crippen molar-refractivity contribution in [2.75, 3.05) is 11.1 Å². The van der Waals surface area contributed by atoms with E-state index in [0.29, 0.717) is 18.2 Å². The number of benzene rings is 1. The van der Waals surface area contributed by atoms with Gasteiger partial charge < -0.3 is 11.1 Å². The smallest absolute Gasteiger partial charge is 0.169 e. The van der Waals surface area contributed by atoms with Gasteiger partial charge in [-0.05, 0) is 17.7 Å². The van der Waals surface area contributed by atoms with Gasteiger partial charge in [-0.15, -0.1) is 0 Å². The monoisotopic (exact) mass is 252 g/mol. The van der Waals surface area contributed by atoms with Gasteiger partial charge in [0.05, 0.1) is 5.02 Å². The van der Waals surface area contributed by atoms with E-state index in [9.17, 15) is 4.39 Å². The summed E-state index contributed by atoms with van der Waals surface area (Å²) in [6, 6.07) is 4.51. The molecule has 0 amide bonds. The Balaban J connectivity index is 2.08. The molecule has 0 saturated carbocycles. The van der Waals surface area contributed by atoms with E-state index in [-0.39, 0.29) is 5.02 Å². The van der Waals surface area contributed by atoms with Gasteiger partial charge in [-0.25, -0.2) is 14.4 Å². The van der Waals surface area contributed by atoms with Crippen molar-refractivity contribution in [1.82, 2.24) is 9.97 Å². The lowest BCUT2D eigenvalue weighted by Gasteiger charge is -2.07. The largest absolute Gasteiger partial charge is 0.381 e. The molecule has 0 spiro atoms. The summed E-state index contributed by atoms with van der Waals surface area (Å²) in [5.41, 5.74) is 6.45. The van der Waals surface area contributed by atoms with Gasteiger partial charge in [-0.3, -0.25) is 0 Å². The van der Waals surface area contributed by atoms with Crippen LogP contribution in [0.5, 0.6) is 0 Å². The Morgan fingerprint density at radius 3 is 2.76 bits per heavy atom. The van der Waals surface area contributed by atoms with Crippen molar-refractivity contribution in [3.63, 3.8) is 0 Å². The third kappa shape index (κ3) is 2.82. The second-order valence-corrected chi connectivity index (χ2v) is 3.80. The summed E-state index contributed by atoms with van der Waals surface area (Å²) in [7, 11) is 0. The maximum atomic E-state index is 12.9. The predicted molar refractivity (Wildman–Crippen MR) is 65.2 cm³/mol. The van der Waals surface area contributed by atoms with Crippen LogP contribution in [0.3, 0.4) is 0 Å². The quantitative estimate of drug-likeness (QED) is 0.881. The highest BCUT2D eigenvalue weighted by atomic mass is 35.5. The normalized spacial score (nSPS) is 10.2. The van der Waals surface area contributed by atoms with Crippen LogP contribution in [-0.4, -0.2) is 9.97 Å². The highest BCUT2D eigenvalue weighted by molar-refractivity contribution is 6.30. The number of rotatable bonds is 3. The van der Waals surface area contributed by atoms with E-state index in [2.05, 4.69) is 15.3 Å². The molecule has 2 rings (SSSR count). The second kappa shape index (κ2) is 4.97. The number of nitrogen functional groups attached to an aromatic ring is 1. The molecule has 0 saturated heterocycles. The van der Waals surface area contributed by atoms with Crippen LogP contribution in [0.4, 0.5) is 16.0 Å². The number of nitrogens with two attached hydrogens (primary N) is 1. The minimum Gasteiger partial charge on any atom is -0.381 e. The molecule has 0 bridgehead atoms. The van der Waals surface area contributed by atoms with Gasteiger partial charge in [0.25, 0.3) is 0 Å². The van der Waals surface area contributed by atoms with Crippen molar-refractivity contribution < 1.29 is 4.39 Å². The van der Waals surface area contributed by atoms with Crippen molar-refractivity contribution in [3.8, 4) is 0 Å². The molecule has 0 aliphatic heterocycles. The van der Waals surface area contributed by atoms with E-state index in [4.69, 9.17) is 17.3 Å². The van der Waals surface area contributed by atoms with E-state index in [0.717, 1.165) is 5.56 Å². The molecule has 0 aliphatic rings. The number of hydrogen-bond acceptors (Lipinski definition) is 4. The average Bonchev–Trinajstić information content (AvgIpc) is 2.32. The molecule has 1 heterocycles. The Hall–Kier alpha value is -1.88. The maximum absolute atomic E-state index is 12.9. The molecule has 0 unspecified atom stereocenters. The second-order valence-electron chi connectivity index (χ2n) is 3.39. The lowest BCUT2D eigenvalue weighted by molar-refractivity contribution is 0.627. The van der Waals surface area contributed by atoms with Gasteiger partial charge in [-0.1, -0.05) is 17.7 Å². The zero-order valence-corrected chi connectivity index (χ0v) is 9.58. The van der Waals surface area contributed by atoms with E-state index in [1.54, 1.807) is 12.1 Å². The van der Waals surface area contributed by atoms with Crippen molar-refractivity contribution in [1.29, 1.82) is 0 Å². The minimum atomic E-state index is -0.436. The van der Waals surface area contributed by atoms with Crippen LogP contribution in [0.1, 0.15) is 5.56 Å². The molecular formula is C11H10ClFN4. The number of hydrogen-bond donors (Lipinski definition) is 2. The highest BCUT2D eigenvalue weighted by Gasteiger charge is 2.03. The van der Waals surface area contributed by atoms with Gasteiger partial charge in [0.15, 0.2) is 11.6 Å². The standard InChI is InChI=1S/C11H10ClFN4/c12-8-5-7(1-2-9(8)13)6-17-11-10(14)15-3-4-16-11/h1-5H,6H2,(H2,14,15)(H,16,17). The molecule has 4 nitrogen and oxygen atoms in total. The first-order valence-electron chi connectivity index (χ1n) is 4.91. The molecule has 3 N–H and O–H groups in total. The van der Waals surface area contributed by atoms with Crippen molar-refractivity contribution in [3.05, 3.63) is 47.0 Å². The molecule has 0 fully saturated rings. The molecule has 0 atom stereocenters. The van der Waals surface area contributed by atoms with Gasteiger partial charge in [0.1, 0.15) is 5.82 Å². The van der Waals surface area contributed by atoms with Crippen LogP contribution in [0.15, 0.2) is 30.6 Å². The van der Waals surface area contributed by atoms with Crippen molar-refractivity contribution in [2.45, 2.75) is 6.54 Å². The molecule has 1 aromatic carbocycles. The Labute approximate surface area is 103 Å². The molecule has 6 heteroatoms.